The third-order valence-corrected chi connectivity index (χ3v) is 5.99. The summed E-state index contributed by atoms with van der Waals surface area (Å²) in [5, 5.41) is 16.8. The van der Waals surface area contributed by atoms with Gasteiger partial charge in [0.05, 0.1) is 12.2 Å². The predicted octanol–water partition coefficient (Wildman–Crippen LogP) is 2.75. The van der Waals surface area contributed by atoms with Crippen LogP contribution in [0, 0.1) is 5.92 Å². The first-order valence-corrected chi connectivity index (χ1v) is 10.7. The summed E-state index contributed by atoms with van der Waals surface area (Å²) in [6.07, 6.45) is 4.65. The Kier molecular flexibility index (Phi) is 5.07. The van der Waals surface area contributed by atoms with Crippen LogP contribution in [0.5, 0.6) is 5.75 Å². The van der Waals surface area contributed by atoms with E-state index in [1.807, 2.05) is 23.0 Å². The number of carbonyl (C=O) groups excluding carboxylic acids is 1. The average Bonchev–Trinajstić information content (AvgIpc) is 3.21. The van der Waals surface area contributed by atoms with Gasteiger partial charge >= 0.3 is 0 Å². The summed E-state index contributed by atoms with van der Waals surface area (Å²) in [6, 6.07) is 8.61. The summed E-state index contributed by atoms with van der Waals surface area (Å²) < 4.78 is 7.55. The minimum Gasteiger partial charge on any atom is -0.486 e. The smallest absolute Gasteiger partial charge is 0.185 e. The summed E-state index contributed by atoms with van der Waals surface area (Å²) in [5.41, 5.74) is 3.46. The molecule has 5 rings (SSSR count). The van der Waals surface area contributed by atoms with Crippen molar-refractivity contribution >= 4 is 17.1 Å². The molecule has 1 aromatic carbocycles. The monoisotopic (exact) mass is 410 g/mol. The largest absolute Gasteiger partial charge is 0.486 e. The van der Waals surface area contributed by atoms with Gasteiger partial charge in [0.15, 0.2) is 10.8 Å². The van der Waals surface area contributed by atoms with Gasteiger partial charge in [0.2, 0.25) is 0 Å². The Morgan fingerprint density at radius 2 is 2.00 bits per heavy atom. The molecule has 3 heterocycles. The van der Waals surface area contributed by atoms with Gasteiger partial charge in [-0.15, -0.1) is 26.6 Å². The first-order chi connectivity index (χ1) is 14.2. The predicted molar refractivity (Wildman–Crippen MR) is 107 cm³/mol. The van der Waals surface area contributed by atoms with E-state index in [2.05, 4.69) is 37.5 Å². The van der Waals surface area contributed by atoms with Gasteiger partial charge in [0, 0.05) is 26.1 Å². The van der Waals surface area contributed by atoms with E-state index in [9.17, 15) is 4.79 Å². The topological polar surface area (TPSA) is 86.0 Å². The number of hydrogen-bond donors (Lipinski definition) is 0. The Labute approximate surface area is 172 Å². The van der Waals surface area contributed by atoms with Crippen molar-refractivity contribution in [3.05, 3.63) is 52.2 Å². The molecule has 8 nitrogen and oxygen atoms in total. The van der Waals surface area contributed by atoms with Crippen molar-refractivity contribution in [3.8, 4) is 5.75 Å². The highest BCUT2D eigenvalue weighted by Crippen LogP contribution is 2.34. The molecular formula is C20H22N6O2S. The maximum Gasteiger partial charge on any atom is 0.185 e. The number of ketones is 1. The fraction of sp³-hybridized carbons (Fsp3) is 0.450. The maximum absolute atomic E-state index is 12.4. The zero-order chi connectivity index (χ0) is 19.6. The lowest BCUT2D eigenvalue weighted by molar-refractivity contribution is 0.0702. The van der Waals surface area contributed by atoms with Crippen LogP contribution in [0.25, 0.3) is 0 Å². The van der Waals surface area contributed by atoms with Crippen LogP contribution in [0.4, 0.5) is 0 Å². The fourth-order valence-electron chi connectivity index (χ4n) is 3.58. The molecule has 0 bridgehead atoms. The van der Waals surface area contributed by atoms with Crippen molar-refractivity contribution in [2.75, 3.05) is 13.1 Å². The number of Topliss-reactive ketones (excluding diaryl/α,β-unsaturated/α-hetero) is 1. The molecule has 2 fully saturated rings. The second-order valence-corrected chi connectivity index (χ2v) is 8.69. The average molecular weight is 411 g/mol. The lowest BCUT2D eigenvalue weighted by Crippen LogP contribution is -2.46. The van der Waals surface area contributed by atoms with Crippen molar-refractivity contribution < 1.29 is 9.53 Å². The van der Waals surface area contributed by atoms with Crippen LogP contribution in [0.1, 0.15) is 46.4 Å². The molecule has 0 atom stereocenters. The number of nitrogens with zero attached hydrogens (tertiary/aromatic N) is 6. The Morgan fingerprint density at radius 1 is 1.17 bits per heavy atom. The summed E-state index contributed by atoms with van der Waals surface area (Å²) in [7, 11) is 0. The molecule has 9 heteroatoms. The van der Waals surface area contributed by atoms with Gasteiger partial charge in [-0.1, -0.05) is 17.3 Å². The molecule has 1 aliphatic carbocycles. The minimum absolute atomic E-state index is 0.110. The van der Waals surface area contributed by atoms with Gasteiger partial charge in [-0.2, -0.15) is 0 Å². The molecule has 0 spiro atoms. The number of benzene rings is 1. The van der Waals surface area contributed by atoms with Crippen molar-refractivity contribution in [1.82, 2.24) is 30.1 Å². The third-order valence-electron chi connectivity index (χ3n) is 5.32. The molecule has 0 radical (unpaired) electrons. The first-order valence-electron chi connectivity index (χ1n) is 9.87. The number of hydrogen-bond acceptors (Lipinski definition) is 8. The van der Waals surface area contributed by atoms with Crippen LogP contribution in [-0.4, -0.2) is 49.0 Å². The van der Waals surface area contributed by atoms with E-state index in [4.69, 9.17) is 4.74 Å². The number of likely N-dealkylation sites (tertiary alicyclic amines) is 1. The Balaban J connectivity index is 1.05. The summed E-state index contributed by atoms with van der Waals surface area (Å²) >= 11 is 1.49. The van der Waals surface area contributed by atoms with Crippen molar-refractivity contribution in [3.63, 3.8) is 0 Å². The van der Waals surface area contributed by atoms with E-state index in [0.717, 1.165) is 43.2 Å². The highest BCUT2D eigenvalue weighted by molar-refractivity contribution is 7.09. The standard InChI is InChI=1S/C20H22N6O2S/c27-19(18-11-26(24-22-18)16-3-4-16)7-15-9-25(10-15)8-14-1-5-17(6-2-14)28-12-20-23-21-13-29-20/h1-2,5-6,11,13,15-16H,3-4,7-10,12H2. The van der Waals surface area contributed by atoms with Crippen LogP contribution < -0.4 is 4.74 Å². The molecule has 1 saturated heterocycles. The molecule has 0 unspecified atom stereocenters. The van der Waals surface area contributed by atoms with Crippen LogP contribution in [0.2, 0.25) is 0 Å². The Hall–Kier alpha value is -2.65. The maximum atomic E-state index is 12.4. The lowest BCUT2D eigenvalue weighted by atomic mass is 9.93. The molecule has 0 N–H and O–H groups in total. The zero-order valence-corrected chi connectivity index (χ0v) is 16.8. The molecule has 1 aliphatic heterocycles. The van der Waals surface area contributed by atoms with Crippen LogP contribution >= 0.6 is 11.3 Å². The van der Waals surface area contributed by atoms with E-state index in [1.54, 1.807) is 5.51 Å². The Bertz CT molecular complexity index is 961. The SMILES string of the molecule is O=C(CC1CN(Cc2ccc(OCc3nncs3)cc2)C1)c1cn(C2CC2)nn1. The third kappa shape index (κ3) is 4.51. The van der Waals surface area contributed by atoms with Gasteiger partial charge in [-0.05, 0) is 36.5 Å². The van der Waals surface area contributed by atoms with E-state index in [-0.39, 0.29) is 5.78 Å². The Morgan fingerprint density at radius 3 is 2.72 bits per heavy atom. The fourth-order valence-corrected chi connectivity index (χ4v) is 4.01. The van der Waals surface area contributed by atoms with Crippen molar-refractivity contribution in [1.29, 1.82) is 0 Å². The van der Waals surface area contributed by atoms with Gasteiger partial charge < -0.3 is 4.74 Å². The van der Waals surface area contributed by atoms with Gasteiger partial charge in [0.1, 0.15) is 23.6 Å². The second kappa shape index (κ2) is 8.00. The van der Waals surface area contributed by atoms with E-state index in [1.165, 1.54) is 16.9 Å². The summed E-state index contributed by atoms with van der Waals surface area (Å²) in [5.74, 6) is 1.34. The number of ether oxygens (including phenoxy) is 1. The number of aromatic nitrogens is 5. The summed E-state index contributed by atoms with van der Waals surface area (Å²) in [6.45, 7) is 3.22. The first kappa shape index (κ1) is 18.4. The molecule has 2 aliphatic rings. The lowest BCUT2D eigenvalue weighted by Gasteiger charge is -2.39. The molecule has 3 aromatic rings. The van der Waals surface area contributed by atoms with Crippen LogP contribution in [0.15, 0.2) is 36.0 Å². The van der Waals surface area contributed by atoms with E-state index in [0.29, 0.717) is 30.7 Å². The van der Waals surface area contributed by atoms with Gasteiger partial charge in [0.25, 0.3) is 0 Å². The summed E-state index contributed by atoms with van der Waals surface area (Å²) in [4.78, 5) is 14.8. The van der Waals surface area contributed by atoms with E-state index < -0.39 is 0 Å². The minimum atomic E-state index is 0.110. The molecule has 2 aromatic heterocycles. The second-order valence-electron chi connectivity index (χ2n) is 7.77. The highest BCUT2D eigenvalue weighted by atomic mass is 32.1. The normalized spacial score (nSPS) is 17.2. The highest BCUT2D eigenvalue weighted by Gasteiger charge is 2.30. The molecule has 1 saturated carbocycles. The van der Waals surface area contributed by atoms with Gasteiger partial charge in [-0.3, -0.25) is 9.69 Å². The molecule has 150 valence electrons. The van der Waals surface area contributed by atoms with E-state index >= 15 is 0 Å². The van der Waals surface area contributed by atoms with Crippen molar-refractivity contribution in [2.24, 2.45) is 5.92 Å². The van der Waals surface area contributed by atoms with Gasteiger partial charge in [-0.25, -0.2) is 4.68 Å². The number of carbonyl (C=O) groups is 1. The molecule has 0 amide bonds. The molecule has 29 heavy (non-hydrogen) atoms. The zero-order valence-electron chi connectivity index (χ0n) is 16.0. The number of rotatable bonds is 9. The quantitative estimate of drug-likeness (QED) is 0.501. The van der Waals surface area contributed by atoms with Crippen molar-refractivity contribution in [2.45, 2.75) is 38.5 Å². The van der Waals surface area contributed by atoms with Crippen LogP contribution in [-0.2, 0) is 13.2 Å². The molecular weight excluding hydrogens is 388 g/mol. The van der Waals surface area contributed by atoms with Crippen LogP contribution in [0.3, 0.4) is 0 Å².